The number of aryl methyl sites for hydroxylation is 1. The minimum Gasteiger partial charge on any atom is -0.439 e. The predicted molar refractivity (Wildman–Crippen MR) is 106 cm³/mol. The van der Waals surface area contributed by atoms with Gasteiger partial charge >= 0.3 is 0 Å². The van der Waals surface area contributed by atoms with Gasteiger partial charge in [-0.15, -0.1) is 6.58 Å². The van der Waals surface area contributed by atoms with Gasteiger partial charge in [-0.2, -0.15) is 0 Å². The van der Waals surface area contributed by atoms with Crippen LogP contribution in [-0.4, -0.2) is 7.05 Å². The molecule has 1 atom stereocenters. The molecule has 128 valence electrons. The van der Waals surface area contributed by atoms with Gasteiger partial charge in [0, 0.05) is 18.5 Å². The van der Waals surface area contributed by atoms with E-state index in [2.05, 4.69) is 68.3 Å². The van der Waals surface area contributed by atoms with Crippen LogP contribution in [0.25, 0.3) is 0 Å². The van der Waals surface area contributed by atoms with Gasteiger partial charge in [-0.25, -0.2) is 0 Å². The van der Waals surface area contributed by atoms with E-state index in [1.807, 2.05) is 31.3 Å². The molecule has 0 saturated heterocycles. The second-order valence-electron chi connectivity index (χ2n) is 6.78. The van der Waals surface area contributed by atoms with Crippen LogP contribution in [0.15, 0.2) is 85.3 Å². The van der Waals surface area contributed by atoms with E-state index in [-0.39, 0.29) is 5.41 Å². The van der Waals surface area contributed by atoms with Crippen molar-refractivity contribution in [3.05, 3.63) is 96.4 Å². The van der Waals surface area contributed by atoms with Crippen molar-refractivity contribution in [2.75, 3.05) is 11.9 Å². The van der Waals surface area contributed by atoms with Crippen LogP contribution in [0.1, 0.15) is 24.5 Å². The third-order valence-electron chi connectivity index (χ3n) is 5.07. The van der Waals surface area contributed by atoms with Crippen molar-refractivity contribution in [1.82, 2.24) is 0 Å². The van der Waals surface area contributed by atoms with Crippen LogP contribution in [-0.2, 0) is 5.41 Å². The van der Waals surface area contributed by atoms with E-state index in [1.165, 1.54) is 11.1 Å². The van der Waals surface area contributed by atoms with Gasteiger partial charge in [0.05, 0.1) is 5.69 Å². The highest BCUT2D eigenvalue weighted by Crippen LogP contribution is 2.41. The zero-order chi connectivity index (χ0) is 18.0. The zero-order valence-corrected chi connectivity index (χ0v) is 15.3. The van der Waals surface area contributed by atoms with Crippen molar-refractivity contribution in [1.29, 1.82) is 0 Å². The third-order valence-corrected chi connectivity index (χ3v) is 5.07. The molecular weight excluding hydrogens is 306 g/mol. The molecule has 1 aliphatic rings. The van der Waals surface area contributed by atoms with Crippen molar-refractivity contribution < 1.29 is 4.74 Å². The van der Waals surface area contributed by atoms with Crippen molar-refractivity contribution in [3.8, 4) is 5.75 Å². The minimum absolute atomic E-state index is 0.223. The van der Waals surface area contributed by atoms with Gasteiger partial charge in [0.15, 0.2) is 5.75 Å². The average molecular weight is 331 g/mol. The van der Waals surface area contributed by atoms with Crippen LogP contribution < -0.4 is 9.64 Å². The number of nitrogens with zero attached hydrogens (tertiary/aromatic N) is 1. The molecule has 0 aliphatic carbocycles. The zero-order valence-electron chi connectivity index (χ0n) is 15.3. The first-order chi connectivity index (χ1) is 12.0. The average Bonchev–Trinajstić information content (AvgIpc) is 2.91. The SMILES string of the molecule is C=CCC(C)(C(=C)/C=C1\Oc2ccccc2N1C)c1ccccc1C. The van der Waals surface area contributed by atoms with Crippen molar-refractivity contribution in [3.63, 3.8) is 0 Å². The normalized spacial score (nSPS) is 16.9. The minimum atomic E-state index is -0.223. The highest BCUT2D eigenvalue weighted by Gasteiger charge is 2.31. The molecule has 25 heavy (non-hydrogen) atoms. The van der Waals surface area contributed by atoms with Gasteiger partial charge in [0.1, 0.15) is 0 Å². The Balaban J connectivity index is 1.98. The molecular formula is C23H25NO. The molecule has 2 aromatic rings. The Kier molecular flexibility index (Phi) is 4.54. The standard InChI is InChI=1S/C23H25NO/c1-6-15-23(4,19-12-8-7-11-17(19)2)18(3)16-22-24(5)20-13-9-10-14-21(20)25-22/h6-14,16H,1,3,15H2,2,4-5H3/b22-16-. The molecule has 0 radical (unpaired) electrons. The molecule has 1 aliphatic heterocycles. The van der Waals surface area contributed by atoms with E-state index < -0.39 is 0 Å². The molecule has 0 fully saturated rings. The lowest BCUT2D eigenvalue weighted by molar-refractivity contribution is 0.440. The summed E-state index contributed by atoms with van der Waals surface area (Å²) in [5, 5.41) is 0. The van der Waals surface area contributed by atoms with Crippen molar-refractivity contribution in [2.45, 2.75) is 25.7 Å². The van der Waals surface area contributed by atoms with E-state index in [0.29, 0.717) is 0 Å². The van der Waals surface area contributed by atoms with Crippen LogP contribution in [0.3, 0.4) is 0 Å². The molecule has 0 N–H and O–H groups in total. The van der Waals surface area contributed by atoms with Crippen LogP contribution in [0.4, 0.5) is 5.69 Å². The largest absolute Gasteiger partial charge is 0.439 e. The number of ether oxygens (including phenoxy) is 1. The maximum Gasteiger partial charge on any atom is 0.200 e. The first kappa shape index (κ1) is 17.1. The molecule has 0 amide bonds. The Hall–Kier alpha value is -2.74. The highest BCUT2D eigenvalue weighted by molar-refractivity contribution is 5.66. The Bertz CT molecular complexity index is 849. The summed E-state index contributed by atoms with van der Waals surface area (Å²) < 4.78 is 6.03. The molecule has 2 heteroatoms. The first-order valence-electron chi connectivity index (χ1n) is 8.56. The lowest BCUT2D eigenvalue weighted by atomic mass is 9.72. The van der Waals surface area contributed by atoms with Crippen LogP contribution in [0.5, 0.6) is 5.75 Å². The summed E-state index contributed by atoms with van der Waals surface area (Å²) >= 11 is 0. The fourth-order valence-electron chi connectivity index (χ4n) is 3.45. The molecule has 1 unspecified atom stereocenters. The Morgan fingerprint density at radius 1 is 1.16 bits per heavy atom. The molecule has 2 aromatic carbocycles. The number of benzene rings is 2. The number of fused-ring (bicyclic) bond motifs is 1. The number of anilines is 1. The monoisotopic (exact) mass is 331 g/mol. The lowest BCUT2D eigenvalue weighted by Crippen LogP contribution is -2.25. The summed E-state index contributed by atoms with van der Waals surface area (Å²) in [7, 11) is 2.02. The maximum absolute atomic E-state index is 6.03. The quantitative estimate of drug-likeness (QED) is 0.646. The van der Waals surface area contributed by atoms with E-state index in [0.717, 1.165) is 29.3 Å². The number of rotatable bonds is 5. The molecule has 0 spiro atoms. The summed E-state index contributed by atoms with van der Waals surface area (Å²) in [4.78, 5) is 2.06. The second-order valence-corrected chi connectivity index (χ2v) is 6.78. The summed E-state index contributed by atoms with van der Waals surface area (Å²) in [5.41, 5.74) is 4.39. The first-order valence-corrected chi connectivity index (χ1v) is 8.56. The molecule has 2 nitrogen and oxygen atoms in total. The van der Waals surface area contributed by atoms with Gasteiger partial charge in [-0.1, -0.05) is 56.0 Å². The Labute approximate surface area is 150 Å². The van der Waals surface area contributed by atoms with Crippen molar-refractivity contribution >= 4 is 5.69 Å². The van der Waals surface area contributed by atoms with Crippen LogP contribution in [0.2, 0.25) is 0 Å². The molecule has 3 rings (SSSR count). The van der Waals surface area contributed by atoms with Gasteiger partial charge in [-0.05, 0) is 42.2 Å². The van der Waals surface area contributed by atoms with E-state index in [4.69, 9.17) is 4.74 Å². The summed E-state index contributed by atoms with van der Waals surface area (Å²) in [6.07, 6.45) is 4.83. The van der Waals surface area contributed by atoms with Crippen molar-refractivity contribution in [2.24, 2.45) is 0 Å². The summed E-state index contributed by atoms with van der Waals surface area (Å²) in [5.74, 6) is 1.68. The van der Waals surface area contributed by atoms with E-state index >= 15 is 0 Å². The van der Waals surface area contributed by atoms with Gasteiger partial charge in [0.2, 0.25) is 5.88 Å². The third kappa shape index (κ3) is 3.00. The van der Waals surface area contributed by atoms with E-state index in [9.17, 15) is 0 Å². The summed E-state index contributed by atoms with van der Waals surface area (Å²) in [6.45, 7) is 12.7. The predicted octanol–water partition coefficient (Wildman–Crippen LogP) is 5.76. The fraction of sp³-hybridized carbons (Fsp3) is 0.217. The lowest BCUT2D eigenvalue weighted by Gasteiger charge is -2.32. The van der Waals surface area contributed by atoms with Crippen LogP contribution in [0, 0.1) is 6.92 Å². The van der Waals surface area contributed by atoms with E-state index in [1.54, 1.807) is 0 Å². The smallest absolute Gasteiger partial charge is 0.200 e. The number of hydrogen-bond acceptors (Lipinski definition) is 2. The number of allylic oxidation sites excluding steroid dienone is 3. The van der Waals surface area contributed by atoms with Crippen LogP contribution >= 0.6 is 0 Å². The number of para-hydroxylation sites is 2. The number of hydrogen-bond donors (Lipinski definition) is 0. The Morgan fingerprint density at radius 2 is 1.84 bits per heavy atom. The highest BCUT2D eigenvalue weighted by atomic mass is 16.5. The molecule has 0 saturated carbocycles. The maximum atomic E-state index is 6.03. The summed E-state index contributed by atoms with van der Waals surface area (Å²) in [6, 6.07) is 16.5. The second kappa shape index (κ2) is 6.64. The van der Waals surface area contributed by atoms with Gasteiger partial charge < -0.3 is 9.64 Å². The van der Waals surface area contributed by atoms with Gasteiger partial charge in [0.25, 0.3) is 0 Å². The topological polar surface area (TPSA) is 12.5 Å². The van der Waals surface area contributed by atoms with Gasteiger partial charge in [-0.3, -0.25) is 0 Å². The molecule has 0 bridgehead atoms. The molecule has 0 aromatic heterocycles. The Morgan fingerprint density at radius 3 is 2.52 bits per heavy atom. The fourth-order valence-corrected chi connectivity index (χ4v) is 3.45. The molecule has 1 heterocycles.